The maximum absolute atomic E-state index is 12.0. The number of nitrogens with two attached hydrogens (primary N) is 1. The van der Waals surface area contributed by atoms with Gasteiger partial charge in [-0.15, -0.1) is 0 Å². The number of carbonyl (C=O) groups is 1. The maximum Gasteiger partial charge on any atom is 0.279 e. The molecule has 0 unspecified atom stereocenters. The van der Waals surface area contributed by atoms with Crippen LogP contribution < -0.4 is 10.6 Å². The lowest BCUT2D eigenvalue weighted by Gasteiger charge is -2.11. The summed E-state index contributed by atoms with van der Waals surface area (Å²) in [4.78, 5) is 22.1. The van der Waals surface area contributed by atoms with Crippen molar-refractivity contribution in [2.45, 2.75) is 13.0 Å². The molecule has 0 saturated heterocycles. The van der Waals surface area contributed by atoms with Crippen molar-refractivity contribution >= 4 is 28.9 Å². The number of carbonyl (C=O) groups excluding carboxylic acids is 1. The van der Waals surface area contributed by atoms with Gasteiger partial charge in [0.25, 0.3) is 11.6 Å². The van der Waals surface area contributed by atoms with Crippen LogP contribution in [0, 0.1) is 10.1 Å². The number of hydrogen-bond acceptors (Lipinski definition) is 3. The summed E-state index contributed by atoms with van der Waals surface area (Å²) in [5, 5.41) is 15.4. The SMILES string of the molecule is C[C@H]([NH2+]CC(=O)Nc1ccc([N+](=O)[O-])cc1Cl)c1ccccc1. The van der Waals surface area contributed by atoms with Crippen molar-refractivity contribution in [1.82, 2.24) is 0 Å². The molecule has 0 aromatic heterocycles. The molecular weight excluding hydrogens is 318 g/mol. The predicted octanol–water partition coefficient (Wildman–Crippen LogP) is 2.51. The van der Waals surface area contributed by atoms with Crippen LogP contribution in [0.5, 0.6) is 0 Å². The van der Waals surface area contributed by atoms with Crippen molar-refractivity contribution < 1.29 is 15.0 Å². The van der Waals surface area contributed by atoms with Crippen LogP contribution in [0.4, 0.5) is 11.4 Å². The number of nitro benzene ring substituents is 1. The molecular formula is C16H17ClN3O3+. The first-order valence-corrected chi connectivity index (χ1v) is 7.47. The molecule has 3 N–H and O–H groups in total. The van der Waals surface area contributed by atoms with Crippen molar-refractivity contribution in [1.29, 1.82) is 0 Å². The van der Waals surface area contributed by atoms with Crippen LogP contribution in [0.2, 0.25) is 5.02 Å². The number of hydrogen-bond donors (Lipinski definition) is 2. The average molecular weight is 335 g/mol. The molecule has 1 atom stereocenters. The van der Waals surface area contributed by atoms with E-state index in [-0.39, 0.29) is 29.2 Å². The Morgan fingerprint density at radius 1 is 1.30 bits per heavy atom. The molecule has 0 aliphatic carbocycles. The van der Waals surface area contributed by atoms with Crippen molar-refractivity contribution in [3.8, 4) is 0 Å². The highest BCUT2D eigenvalue weighted by molar-refractivity contribution is 6.33. The topological polar surface area (TPSA) is 88.8 Å². The van der Waals surface area contributed by atoms with Gasteiger partial charge in [0, 0.05) is 17.7 Å². The Labute approximate surface area is 138 Å². The molecule has 2 aromatic carbocycles. The predicted molar refractivity (Wildman–Crippen MR) is 88.4 cm³/mol. The molecule has 1 amide bonds. The summed E-state index contributed by atoms with van der Waals surface area (Å²) < 4.78 is 0. The molecule has 7 heteroatoms. The zero-order valence-electron chi connectivity index (χ0n) is 12.5. The molecule has 0 bridgehead atoms. The first-order chi connectivity index (χ1) is 11.0. The van der Waals surface area contributed by atoms with E-state index in [4.69, 9.17) is 11.6 Å². The Morgan fingerprint density at radius 2 is 2.00 bits per heavy atom. The van der Waals surface area contributed by atoms with Gasteiger partial charge in [-0.1, -0.05) is 41.9 Å². The number of nitro groups is 1. The van der Waals surface area contributed by atoms with Crippen LogP contribution in [-0.2, 0) is 4.79 Å². The quantitative estimate of drug-likeness (QED) is 0.628. The second kappa shape index (κ2) is 7.71. The van der Waals surface area contributed by atoms with E-state index >= 15 is 0 Å². The van der Waals surface area contributed by atoms with Gasteiger partial charge >= 0.3 is 0 Å². The van der Waals surface area contributed by atoms with Crippen LogP contribution in [0.1, 0.15) is 18.5 Å². The fourth-order valence-corrected chi connectivity index (χ4v) is 2.32. The van der Waals surface area contributed by atoms with Gasteiger partial charge in [-0.3, -0.25) is 14.9 Å². The lowest BCUT2D eigenvalue weighted by Crippen LogP contribution is -2.86. The molecule has 0 heterocycles. The van der Waals surface area contributed by atoms with Crippen LogP contribution in [-0.4, -0.2) is 17.4 Å². The molecule has 23 heavy (non-hydrogen) atoms. The lowest BCUT2D eigenvalue weighted by molar-refractivity contribution is -0.682. The number of halogens is 1. The highest BCUT2D eigenvalue weighted by Gasteiger charge is 2.14. The molecule has 2 aromatic rings. The molecule has 2 rings (SSSR count). The second-order valence-corrected chi connectivity index (χ2v) is 5.52. The maximum atomic E-state index is 12.0. The number of anilines is 1. The zero-order valence-corrected chi connectivity index (χ0v) is 13.3. The van der Waals surface area contributed by atoms with Crippen molar-refractivity contribution in [3.05, 3.63) is 69.2 Å². The fraction of sp³-hybridized carbons (Fsp3) is 0.188. The van der Waals surface area contributed by atoms with Gasteiger partial charge < -0.3 is 10.6 Å². The summed E-state index contributed by atoms with van der Waals surface area (Å²) in [6.45, 7) is 2.24. The van der Waals surface area contributed by atoms with E-state index in [1.807, 2.05) is 42.6 Å². The van der Waals surface area contributed by atoms with E-state index in [9.17, 15) is 14.9 Å². The number of non-ortho nitro benzene ring substituents is 1. The van der Waals surface area contributed by atoms with E-state index in [0.29, 0.717) is 5.69 Å². The van der Waals surface area contributed by atoms with Crippen LogP contribution in [0.15, 0.2) is 48.5 Å². The Hall–Kier alpha value is -2.44. The van der Waals surface area contributed by atoms with E-state index in [1.54, 1.807) is 0 Å². The third-order valence-corrected chi connectivity index (χ3v) is 3.73. The van der Waals surface area contributed by atoms with Crippen LogP contribution in [0.25, 0.3) is 0 Å². The Kier molecular flexibility index (Phi) is 5.67. The number of benzene rings is 2. The Bertz CT molecular complexity index is 707. The lowest BCUT2D eigenvalue weighted by atomic mass is 10.1. The van der Waals surface area contributed by atoms with Gasteiger partial charge in [0.05, 0.1) is 15.6 Å². The van der Waals surface area contributed by atoms with Crippen LogP contribution >= 0.6 is 11.6 Å². The Morgan fingerprint density at radius 3 is 2.61 bits per heavy atom. The van der Waals surface area contributed by atoms with Crippen molar-refractivity contribution in [3.63, 3.8) is 0 Å². The number of amides is 1. The van der Waals surface area contributed by atoms with Crippen molar-refractivity contribution in [2.24, 2.45) is 0 Å². The molecule has 0 fully saturated rings. The number of rotatable bonds is 6. The van der Waals surface area contributed by atoms with Gasteiger partial charge in [0.15, 0.2) is 6.54 Å². The largest absolute Gasteiger partial charge is 0.333 e. The molecule has 120 valence electrons. The molecule has 0 aliphatic rings. The summed E-state index contributed by atoms with van der Waals surface area (Å²) in [7, 11) is 0. The normalized spacial score (nSPS) is 11.7. The minimum atomic E-state index is -0.535. The first kappa shape index (κ1) is 16.9. The summed E-state index contributed by atoms with van der Waals surface area (Å²) in [5.74, 6) is -0.219. The summed E-state index contributed by atoms with van der Waals surface area (Å²) in [5.41, 5.74) is 1.38. The first-order valence-electron chi connectivity index (χ1n) is 7.09. The smallest absolute Gasteiger partial charge is 0.279 e. The minimum absolute atomic E-state index is 0.114. The highest BCUT2D eigenvalue weighted by Crippen LogP contribution is 2.26. The van der Waals surface area contributed by atoms with Crippen LogP contribution in [0.3, 0.4) is 0 Å². The second-order valence-electron chi connectivity index (χ2n) is 5.11. The zero-order chi connectivity index (χ0) is 16.8. The third-order valence-electron chi connectivity index (χ3n) is 3.42. The summed E-state index contributed by atoms with van der Waals surface area (Å²) >= 11 is 5.95. The van der Waals surface area contributed by atoms with Gasteiger partial charge in [-0.2, -0.15) is 0 Å². The average Bonchev–Trinajstić information content (AvgIpc) is 2.55. The minimum Gasteiger partial charge on any atom is -0.333 e. The summed E-state index contributed by atoms with van der Waals surface area (Å²) in [6.07, 6.45) is 0. The third kappa shape index (κ3) is 4.77. The monoisotopic (exact) mass is 334 g/mol. The Balaban J connectivity index is 1.91. The van der Waals surface area contributed by atoms with Crippen molar-refractivity contribution in [2.75, 3.05) is 11.9 Å². The highest BCUT2D eigenvalue weighted by atomic mass is 35.5. The summed E-state index contributed by atoms with van der Waals surface area (Å²) in [6, 6.07) is 14.0. The number of nitrogens with zero attached hydrogens (tertiary/aromatic N) is 1. The fourth-order valence-electron chi connectivity index (χ4n) is 2.10. The van der Waals surface area contributed by atoms with E-state index in [2.05, 4.69) is 5.32 Å². The van der Waals surface area contributed by atoms with E-state index in [0.717, 1.165) is 5.56 Å². The van der Waals surface area contributed by atoms with E-state index in [1.165, 1.54) is 18.2 Å². The number of nitrogens with one attached hydrogen (secondary N) is 1. The standard InChI is InChI=1S/C16H16ClN3O3/c1-11(12-5-3-2-4-6-12)18-10-16(21)19-15-8-7-13(20(22)23)9-14(15)17/h2-9,11,18H,10H2,1H3,(H,19,21)/p+1/t11-/m0/s1. The molecule has 0 radical (unpaired) electrons. The van der Waals surface area contributed by atoms with Gasteiger partial charge in [0.1, 0.15) is 6.04 Å². The molecule has 0 aliphatic heterocycles. The van der Waals surface area contributed by atoms with Gasteiger partial charge in [-0.05, 0) is 13.0 Å². The molecule has 0 spiro atoms. The molecule has 6 nitrogen and oxygen atoms in total. The molecule has 0 saturated carbocycles. The van der Waals surface area contributed by atoms with Gasteiger partial charge in [-0.25, -0.2) is 0 Å². The van der Waals surface area contributed by atoms with E-state index < -0.39 is 4.92 Å². The van der Waals surface area contributed by atoms with Gasteiger partial charge in [0.2, 0.25) is 0 Å². The number of quaternary nitrogens is 1.